The number of rotatable bonds is 5. The molecule has 1 amide bonds. The minimum atomic E-state index is -0.569. The number of carbonyl (C=O) groups excluding carboxylic acids is 1. The molecule has 1 fully saturated rings. The molecule has 35 heavy (non-hydrogen) atoms. The average molecular weight is 496 g/mol. The van der Waals surface area contributed by atoms with E-state index in [1.54, 1.807) is 7.05 Å². The molecule has 0 bridgehead atoms. The van der Waals surface area contributed by atoms with E-state index in [1.807, 2.05) is 45.9 Å². The fourth-order valence-corrected chi connectivity index (χ4v) is 4.71. The van der Waals surface area contributed by atoms with Gasteiger partial charge in [0.25, 0.3) is 0 Å². The highest BCUT2D eigenvalue weighted by Crippen LogP contribution is 2.32. The molecule has 0 spiro atoms. The van der Waals surface area contributed by atoms with E-state index in [4.69, 9.17) is 16.3 Å². The number of ether oxygens (including phenoxy) is 1. The van der Waals surface area contributed by atoms with Gasteiger partial charge in [0.1, 0.15) is 5.60 Å². The Kier molecular flexibility index (Phi) is 7.36. The van der Waals surface area contributed by atoms with Crippen LogP contribution in [0.1, 0.15) is 56.5 Å². The molecular weight excluding hydrogens is 462 g/mol. The summed E-state index contributed by atoms with van der Waals surface area (Å²) in [5, 5.41) is 9.79. The van der Waals surface area contributed by atoms with Gasteiger partial charge in [0.15, 0.2) is 5.82 Å². The van der Waals surface area contributed by atoms with Crippen molar-refractivity contribution < 1.29 is 9.53 Å². The Bertz CT molecular complexity index is 1160. The number of hydrogen-bond acceptors (Lipinski definition) is 5. The van der Waals surface area contributed by atoms with Crippen LogP contribution in [-0.2, 0) is 11.3 Å². The van der Waals surface area contributed by atoms with Gasteiger partial charge in [0.2, 0.25) is 5.95 Å². The lowest BCUT2D eigenvalue weighted by atomic mass is 9.90. The Hall–Kier alpha value is -3.06. The number of hydrogen-bond donors (Lipinski definition) is 0. The summed E-state index contributed by atoms with van der Waals surface area (Å²) in [7, 11) is 1.72. The summed E-state index contributed by atoms with van der Waals surface area (Å²) in [4.78, 5) is 16.4. The minimum absolute atomic E-state index is 0.268. The molecule has 2 heterocycles. The summed E-state index contributed by atoms with van der Waals surface area (Å²) in [5.74, 6) is 2.00. The van der Waals surface area contributed by atoms with Crippen LogP contribution in [0, 0.1) is 6.92 Å². The second kappa shape index (κ2) is 10.3. The predicted molar refractivity (Wildman–Crippen MR) is 139 cm³/mol. The van der Waals surface area contributed by atoms with E-state index < -0.39 is 11.7 Å². The van der Waals surface area contributed by atoms with Crippen LogP contribution in [0.5, 0.6) is 0 Å². The van der Waals surface area contributed by atoms with Crippen molar-refractivity contribution in [3.05, 3.63) is 70.5 Å². The summed E-state index contributed by atoms with van der Waals surface area (Å²) < 4.78 is 7.59. The summed E-state index contributed by atoms with van der Waals surface area (Å²) in [6.45, 7) is 9.62. The molecule has 186 valence electrons. The second-order valence-electron chi connectivity index (χ2n) is 10.2. The van der Waals surface area contributed by atoms with Crippen molar-refractivity contribution >= 4 is 23.6 Å². The molecule has 0 unspecified atom stereocenters. The van der Waals surface area contributed by atoms with Gasteiger partial charge in [-0.2, -0.15) is 0 Å². The first-order valence-corrected chi connectivity index (χ1v) is 12.4. The standard InChI is InChI=1S/C27H34ClN5O2/c1-19-17-22(28)11-12-23(19)33-24(18-31(5)26(34)35-27(2,3)4)29-30-25(33)32-15-13-21(14-16-32)20-9-7-6-8-10-20/h6-12,17,21H,13-16,18H2,1-5H3. The molecule has 8 heteroatoms. The Morgan fingerprint density at radius 1 is 1.11 bits per heavy atom. The van der Waals surface area contributed by atoms with Gasteiger partial charge in [-0.3, -0.25) is 4.57 Å². The monoisotopic (exact) mass is 495 g/mol. The Balaban J connectivity index is 1.61. The first-order chi connectivity index (χ1) is 16.6. The number of aromatic nitrogens is 3. The third-order valence-corrected chi connectivity index (χ3v) is 6.48. The largest absolute Gasteiger partial charge is 0.444 e. The summed E-state index contributed by atoms with van der Waals surface area (Å²) in [5.41, 5.74) is 2.79. The maximum absolute atomic E-state index is 12.6. The number of amides is 1. The Morgan fingerprint density at radius 3 is 2.43 bits per heavy atom. The number of halogens is 1. The molecular formula is C27H34ClN5O2. The first kappa shape index (κ1) is 25.0. The van der Waals surface area contributed by atoms with E-state index in [2.05, 4.69) is 50.0 Å². The maximum atomic E-state index is 12.6. The molecule has 0 saturated carbocycles. The number of carbonyl (C=O) groups is 1. The van der Waals surface area contributed by atoms with Gasteiger partial charge in [0.05, 0.1) is 12.2 Å². The normalized spacial score (nSPS) is 14.7. The highest BCUT2D eigenvalue weighted by molar-refractivity contribution is 6.30. The third-order valence-electron chi connectivity index (χ3n) is 6.25. The van der Waals surface area contributed by atoms with E-state index in [0.29, 0.717) is 16.8 Å². The van der Waals surface area contributed by atoms with Crippen LogP contribution in [0.4, 0.5) is 10.7 Å². The van der Waals surface area contributed by atoms with Crippen molar-refractivity contribution in [1.82, 2.24) is 19.7 Å². The summed E-state index contributed by atoms with van der Waals surface area (Å²) in [6.07, 6.45) is 1.69. The molecule has 3 aromatic rings. The van der Waals surface area contributed by atoms with Gasteiger partial charge >= 0.3 is 6.09 Å². The van der Waals surface area contributed by atoms with Crippen LogP contribution in [0.15, 0.2) is 48.5 Å². The van der Waals surface area contributed by atoms with Gasteiger partial charge in [-0.15, -0.1) is 10.2 Å². The lowest BCUT2D eigenvalue weighted by Gasteiger charge is -2.33. The molecule has 1 aliphatic rings. The van der Waals surface area contributed by atoms with Gasteiger partial charge in [-0.1, -0.05) is 41.9 Å². The minimum Gasteiger partial charge on any atom is -0.444 e. The molecule has 1 saturated heterocycles. The van der Waals surface area contributed by atoms with Crippen molar-refractivity contribution in [3.63, 3.8) is 0 Å². The van der Waals surface area contributed by atoms with E-state index in [-0.39, 0.29) is 6.54 Å². The Labute approximate surface area is 212 Å². The topological polar surface area (TPSA) is 63.5 Å². The van der Waals surface area contributed by atoms with Crippen molar-refractivity contribution in [2.24, 2.45) is 0 Å². The fourth-order valence-electron chi connectivity index (χ4n) is 4.49. The van der Waals surface area contributed by atoms with E-state index >= 15 is 0 Å². The van der Waals surface area contributed by atoms with Gasteiger partial charge in [-0.25, -0.2) is 4.79 Å². The highest BCUT2D eigenvalue weighted by Gasteiger charge is 2.28. The molecule has 1 aromatic heterocycles. The number of nitrogens with zero attached hydrogens (tertiary/aromatic N) is 5. The van der Waals surface area contributed by atoms with Crippen LogP contribution < -0.4 is 4.90 Å². The highest BCUT2D eigenvalue weighted by atomic mass is 35.5. The Morgan fingerprint density at radius 2 is 1.80 bits per heavy atom. The van der Waals surface area contributed by atoms with Crippen LogP contribution in [0.3, 0.4) is 0 Å². The molecule has 0 N–H and O–H groups in total. The number of piperidine rings is 1. The molecule has 0 radical (unpaired) electrons. The quantitative estimate of drug-likeness (QED) is 0.435. The number of anilines is 1. The van der Waals surface area contributed by atoms with E-state index in [0.717, 1.165) is 43.1 Å². The van der Waals surface area contributed by atoms with Crippen molar-refractivity contribution in [2.75, 3.05) is 25.0 Å². The molecule has 1 aliphatic heterocycles. The zero-order chi connectivity index (χ0) is 25.2. The zero-order valence-electron chi connectivity index (χ0n) is 21.2. The van der Waals surface area contributed by atoms with Crippen LogP contribution in [0.2, 0.25) is 5.02 Å². The van der Waals surface area contributed by atoms with Gasteiger partial charge in [0, 0.05) is 25.2 Å². The number of benzene rings is 2. The average Bonchev–Trinajstić information content (AvgIpc) is 3.22. The van der Waals surface area contributed by atoms with Crippen LogP contribution >= 0.6 is 11.6 Å². The lowest BCUT2D eigenvalue weighted by molar-refractivity contribution is 0.0280. The van der Waals surface area contributed by atoms with E-state index in [1.165, 1.54) is 10.5 Å². The smallest absolute Gasteiger partial charge is 0.410 e. The number of aryl methyl sites for hydroxylation is 1. The SMILES string of the molecule is Cc1cc(Cl)ccc1-n1c(CN(C)C(=O)OC(C)(C)C)nnc1N1CCC(c2ccccc2)CC1. The molecule has 2 aromatic carbocycles. The molecule has 0 aliphatic carbocycles. The molecule has 7 nitrogen and oxygen atoms in total. The van der Waals surface area contributed by atoms with Gasteiger partial charge in [-0.05, 0) is 75.8 Å². The van der Waals surface area contributed by atoms with Crippen LogP contribution in [0.25, 0.3) is 5.69 Å². The van der Waals surface area contributed by atoms with Gasteiger partial charge < -0.3 is 14.5 Å². The predicted octanol–water partition coefficient (Wildman–Crippen LogP) is 5.98. The summed E-state index contributed by atoms with van der Waals surface area (Å²) in [6, 6.07) is 16.5. The first-order valence-electron chi connectivity index (χ1n) is 12.1. The maximum Gasteiger partial charge on any atom is 0.410 e. The van der Waals surface area contributed by atoms with Crippen molar-refractivity contribution in [3.8, 4) is 5.69 Å². The summed E-state index contributed by atoms with van der Waals surface area (Å²) >= 11 is 6.25. The van der Waals surface area contributed by atoms with Crippen molar-refractivity contribution in [1.29, 1.82) is 0 Å². The third kappa shape index (κ3) is 5.96. The second-order valence-corrected chi connectivity index (χ2v) is 10.6. The van der Waals surface area contributed by atoms with E-state index in [9.17, 15) is 4.79 Å². The zero-order valence-corrected chi connectivity index (χ0v) is 21.9. The fraction of sp³-hybridized carbons (Fsp3) is 0.444. The lowest BCUT2D eigenvalue weighted by Crippen LogP contribution is -2.36. The van der Waals surface area contributed by atoms with Crippen molar-refractivity contribution in [2.45, 2.75) is 58.6 Å². The molecule has 4 rings (SSSR count). The van der Waals surface area contributed by atoms with Crippen LogP contribution in [-0.4, -0.2) is 51.5 Å². The molecule has 0 atom stereocenters.